The molecule has 2 aliphatic rings. The van der Waals surface area contributed by atoms with Crippen LogP contribution in [0.3, 0.4) is 0 Å². The van der Waals surface area contributed by atoms with Gasteiger partial charge in [0.1, 0.15) is 5.82 Å². The van der Waals surface area contributed by atoms with Gasteiger partial charge in [-0.1, -0.05) is 42.0 Å². The lowest BCUT2D eigenvalue weighted by molar-refractivity contribution is -0.142. The van der Waals surface area contributed by atoms with Crippen LogP contribution in [-0.4, -0.2) is 34.4 Å². The number of hydrogen-bond donors (Lipinski definition) is 1. The lowest BCUT2D eigenvalue weighted by Gasteiger charge is -2.47. The predicted molar refractivity (Wildman–Crippen MR) is 104 cm³/mol. The van der Waals surface area contributed by atoms with Crippen LogP contribution in [0.5, 0.6) is 0 Å². The van der Waals surface area contributed by atoms with Gasteiger partial charge in [-0.15, -0.1) is 0 Å². The topological polar surface area (TPSA) is 52.7 Å². The molecule has 0 saturated carbocycles. The molecule has 2 atom stereocenters. The van der Waals surface area contributed by atoms with E-state index < -0.39 is 0 Å². The summed E-state index contributed by atoms with van der Waals surface area (Å²) in [5.41, 5.74) is 2.90. The third kappa shape index (κ3) is 3.64. The molecule has 2 unspecified atom stereocenters. The van der Waals surface area contributed by atoms with Gasteiger partial charge in [0.15, 0.2) is 0 Å². The van der Waals surface area contributed by atoms with Crippen molar-refractivity contribution in [3.8, 4) is 0 Å². The molecule has 0 aliphatic carbocycles. The third-order valence-corrected chi connectivity index (χ3v) is 5.55. The molecule has 1 N–H and O–H groups in total. The van der Waals surface area contributed by atoms with Crippen LogP contribution < -0.4 is 5.32 Å². The van der Waals surface area contributed by atoms with E-state index in [1.165, 1.54) is 17.0 Å². The summed E-state index contributed by atoms with van der Waals surface area (Å²) in [6.07, 6.45) is 1.35. The second-order valence-electron chi connectivity index (χ2n) is 7.59. The first-order valence-electron chi connectivity index (χ1n) is 9.68. The molecule has 6 heteroatoms. The monoisotopic (exact) mass is 381 g/mol. The van der Waals surface area contributed by atoms with Crippen LogP contribution in [0.1, 0.15) is 29.5 Å². The number of amides is 3. The summed E-state index contributed by atoms with van der Waals surface area (Å²) in [6, 6.07) is 13.7. The van der Waals surface area contributed by atoms with Crippen LogP contribution in [0.2, 0.25) is 0 Å². The number of aryl methyl sites for hydroxylation is 1. The summed E-state index contributed by atoms with van der Waals surface area (Å²) in [4.78, 5) is 29.4. The van der Waals surface area contributed by atoms with Gasteiger partial charge in [0.2, 0.25) is 5.91 Å². The van der Waals surface area contributed by atoms with E-state index in [4.69, 9.17) is 0 Å². The van der Waals surface area contributed by atoms with Gasteiger partial charge in [-0.3, -0.25) is 15.0 Å². The van der Waals surface area contributed by atoms with E-state index in [0.29, 0.717) is 6.54 Å². The molecule has 0 spiro atoms. The predicted octanol–water partition coefficient (Wildman–Crippen LogP) is 3.42. The largest absolute Gasteiger partial charge is 0.328 e. The molecular weight excluding hydrogens is 357 g/mol. The van der Waals surface area contributed by atoms with E-state index in [2.05, 4.69) is 5.32 Å². The van der Waals surface area contributed by atoms with Crippen LogP contribution in [0.25, 0.3) is 0 Å². The summed E-state index contributed by atoms with van der Waals surface area (Å²) in [5.74, 6) is -0.672. The quantitative estimate of drug-likeness (QED) is 0.883. The summed E-state index contributed by atoms with van der Waals surface area (Å²) in [7, 11) is 0. The minimum Gasteiger partial charge on any atom is -0.304 e. The lowest BCUT2D eigenvalue weighted by Crippen LogP contribution is -2.66. The fraction of sp³-hybridized carbons (Fsp3) is 0.364. The Morgan fingerprint density at radius 1 is 1.00 bits per heavy atom. The molecular formula is C22H24FN3O2. The zero-order valence-corrected chi connectivity index (χ0v) is 15.9. The van der Waals surface area contributed by atoms with Gasteiger partial charge in [0.05, 0.1) is 18.6 Å². The average Bonchev–Trinajstić information content (AvgIpc) is 2.71. The van der Waals surface area contributed by atoms with Crippen molar-refractivity contribution in [2.75, 3.05) is 6.54 Å². The summed E-state index contributed by atoms with van der Waals surface area (Å²) < 4.78 is 13.2. The summed E-state index contributed by atoms with van der Waals surface area (Å²) in [5, 5.41) is 3.34. The maximum absolute atomic E-state index is 13.3. The fourth-order valence-corrected chi connectivity index (χ4v) is 4.00. The molecule has 0 aromatic heterocycles. The molecule has 2 heterocycles. The smallest absolute Gasteiger partial charge is 0.304 e. The van der Waals surface area contributed by atoms with E-state index in [1.54, 1.807) is 17.0 Å². The fourth-order valence-electron chi connectivity index (χ4n) is 4.00. The van der Waals surface area contributed by atoms with Crippen molar-refractivity contribution < 1.29 is 14.0 Å². The van der Waals surface area contributed by atoms with E-state index >= 15 is 0 Å². The van der Waals surface area contributed by atoms with Crippen LogP contribution >= 0.6 is 0 Å². The standard InChI is InChI=1S/C22H24FN3O2/c1-15-4-6-16(7-5-15)14-26-21(27)19-3-2-12-24-20(19)25(22(26)28)13-17-8-10-18(23)11-9-17/h4-11,19-20,24H,2-3,12-14H2,1H3. The highest BCUT2D eigenvalue weighted by molar-refractivity contribution is 5.98. The van der Waals surface area contributed by atoms with E-state index in [-0.39, 0.29) is 36.4 Å². The molecule has 146 valence electrons. The number of benzene rings is 2. The Labute approximate surface area is 164 Å². The SMILES string of the molecule is Cc1ccc(CN2C(=O)C3CCCNC3N(Cc3ccc(F)cc3)C2=O)cc1. The first-order valence-corrected chi connectivity index (χ1v) is 9.68. The zero-order chi connectivity index (χ0) is 19.7. The molecule has 2 saturated heterocycles. The van der Waals surface area contributed by atoms with Crippen LogP contribution in [0.15, 0.2) is 48.5 Å². The van der Waals surface area contributed by atoms with Crippen LogP contribution in [-0.2, 0) is 17.9 Å². The molecule has 5 nitrogen and oxygen atoms in total. The van der Waals surface area contributed by atoms with Crippen molar-refractivity contribution in [1.82, 2.24) is 15.1 Å². The maximum atomic E-state index is 13.3. The van der Waals surface area contributed by atoms with Gasteiger partial charge in [-0.05, 0) is 49.6 Å². The minimum atomic E-state index is -0.312. The Morgan fingerprint density at radius 3 is 2.36 bits per heavy atom. The van der Waals surface area contributed by atoms with Crippen LogP contribution in [0, 0.1) is 18.7 Å². The number of hydrogen-bond acceptors (Lipinski definition) is 3. The first kappa shape index (κ1) is 18.6. The number of carbonyl (C=O) groups is 2. The number of carbonyl (C=O) groups excluding carboxylic acids is 2. The number of nitrogens with zero attached hydrogens (tertiary/aromatic N) is 2. The average molecular weight is 381 g/mol. The van der Waals surface area contributed by atoms with Crippen molar-refractivity contribution in [1.29, 1.82) is 0 Å². The Morgan fingerprint density at radius 2 is 1.64 bits per heavy atom. The molecule has 0 radical (unpaired) electrons. The van der Waals surface area contributed by atoms with Gasteiger partial charge in [0.25, 0.3) is 0 Å². The highest BCUT2D eigenvalue weighted by Gasteiger charge is 2.46. The van der Waals surface area contributed by atoms with Crippen molar-refractivity contribution in [2.45, 2.75) is 39.0 Å². The van der Waals surface area contributed by atoms with E-state index in [1.807, 2.05) is 31.2 Å². The lowest BCUT2D eigenvalue weighted by atomic mass is 9.91. The molecule has 3 amide bonds. The highest BCUT2D eigenvalue weighted by Crippen LogP contribution is 2.30. The molecule has 0 bridgehead atoms. The van der Waals surface area contributed by atoms with E-state index in [0.717, 1.165) is 36.1 Å². The van der Waals surface area contributed by atoms with Gasteiger partial charge in [-0.2, -0.15) is 0 Å². The van der Waals surface area contributed by atoms with Crippen molar-refractivity contribution in [3.63, 3.8) is 0 Å². The molecule has 28 heavy (non-hydrogen) atoms. The van der Waals surface area contributed by atoms with Gasteiger partial charge >= 0.3 is 6.03 Å². The summed E-state index contributed by atoms with van der Waals surface area (Å²) in [6.45, 7) is 3.38. The van der Waals surface area contributed by atoms with Crippen molar-refractivity contribution in [2.24, 2.45) is 5.92 Å². The Hall–Kier alpha value is -2.73. The van der Waals surface area contributed by atoms with Gasteiger partial charge < -0.3 is 4.90 Å². The molecule has 2 aromatic rings. The van der Waals surface area contributed by atoms with Gasteiger partial charge in [-0.25, -0.2) is 9.18 Å². The van der Waals surface area contributed by atoms with Crippen LogP contribution in [0.4, 0.5) is 9.18 Å². The number of urea groups is 1. The zero-order valence-electron chi connectivity index (χ0n) is 15.9. The number of imide groups is 1. The number of halogens is 1. The van der Waals surface area contributed by atoms with Crippen molar-refractivity contribution >= 4 is 11.9 Å². The molecule has 2 aromatic carbocycles. The van der Waals surface area contributed by atoms with E-state index in [9.17, 15) is 14.0 Å². The normalized spacial score (nSPS) is 22.4. The van der Waals surface area contributed by atoms with Crippen molar-refractivity contribution in [3.05, 3.63) is 71.0 Å². The minimum absolute atomic E-state index is 0.113. The molecule has 4 rings (SSSR count). The second-order valence-corrected chi connectivity index (χ2v) is 7.59. The van der Waals surface area contributed by atoms with Gasteiger partial charge in [0, 0.05) is 6.54 Å². The molecule has 2 fully saturated rings. The first-order chi connectivity index (χ1) is 13.5. The summed E-state index contributed by atoms with van der Waals surface area (Å²) >= 11 is 0. The Balaban J connectivity index is 1.61. The molecule has 2 aliphatic heterocycles. The highest BCUT2D eigenvalue weighted by atomic mass is 19.1. The Kier molecular flexibility index (Phi) is 5.13. The number of fused-ring (bicyclic) bond motifs is 1. The number of rotatable bonds is 4. The second kappa shape index (κ2) is 7.72. The Bertz CT molecular complexity index is 866. The number of piperidine rings is 1. The maximum Gasteiger partial charge on any atom is 0.328 e. The third-order valence-electron chi connectivity index (χ3n) is 5.55. The number of nitrogens with one attached hydrogen (secondary N) is 1.